The average Bonchev–Trinajstić information content (AvgIpc) is 2.83. The molecule has 0 bridgehead atoms. The van der Waals surface area contributed by atoms with Gasteiger partial charge in [0.05, 0.1) is 54.2 Å². The van der Waals surface area contributed by atoms with E-state index in [-0.39, 0.29) is 32.2 Å². The number of esters is 5. The summed E-state index contributed by atoms with van der Waals surface area (Å²) in [6.07, 6.45) is 0. The number of hydrogen-bond acceptors (Lipinski definition) is 10. The number of para-hydroxylation sites is 1. The summed E-state index contributed by atoms with van der Waals surface area (Å²) in [6.45, 7) is 5.67. The standard InChI is InChI=1S/C25H26O10/c1-5-31-21(26)16-14-17(22(27)35-15-12-10-9-11-13-15)19(24(29)33-7-3)20(25(30)34-8-4)18(16)23(28)32-6-2/h9-14H,5-8H2,1-4H3. The average molecular weight is 486 g/mol. The molecule has 0 saturated heterocycles. The lowest BCUT2D eigenvalue weighted by molar-refractivity contribution is 0.0441. The van der Waals surface area contributed by atoms with Crippen molar-refractivity contribution >= 4 is 29.8 Å². The largest absolute Gasteiger partial charge is 0.462 e. The highest BCUT2D eigenvalue weighted by Gasteiger charge is 2.37. The van der Waals surface area contributed by atoms with E-state index in [1.165, 1.54) is 39.8 Å². The summed E-state index contributed by atoms with van der Waals surface area (Å²) < 4.78 is 25.5. The Hall–Kier alpha value is -4.21. The van der Waals surface area contributed by atoms with Gasteiger partial charge >= 0.3 is 29.8 Å². The highest BCUT2D eigenvalue weighted by Crippen LogP contribution is 2.29. The van der Waals surface area contributed by atoms with Gasteiger partial charge in [0, 0.05) is 0 Å². The van der Waals surface area contributed by atoms with Gasteiger partial charge in [-0.2, -0.15) is 0 Å². The normalized spacial score (nSPS) is 10.2. The molecule has 35 heavy (non-hydrogen) atoms. The zero-order valence-corrected chi connectivity index (χ0v) is 19.9. The maximum Gasteiger partial charge on any atom is 0.344 e. The first-order valence-corrected chi connectivity index (χ1v) is 11.0. The number of hydrogen-bond donors (Lipinski definition) is 0. The Balaban J connectivity index is 2.94. The van der Waals surface area contributed by atoms with Gasteiger partial charge in [-0.1, -0.05) is 18.2 Å². The Morgan fingerprint density at radius 2 is 0.943 bits per heavy atom. The maximum atomic E-state index is 13.2. The highest BCUT2D eigenvalue weighted by molar-refractivity contribution is 6.19. The molecule has 0 radical (unpaired) electrons. The molecule has 186 valence electrons. The second kappa shape index (κ2) is 12.9. The van der Waals surface area contributed by atoms with E-state index in [4.69, 9.17) is 23.7 Å². The quantitative estimate of drug-likeness (QED) is 0.279. The third-order valence-corrected chi connectivity index (χ3v) is 4.44. The lowest BCUT2D eigenvalue weighted by atomic mass is 9.90. The molecule has 0 unspecified atom stereocenters. The number of ether oxygens (including phenoxy) is 5. The molecule has 10 heteroatoms. The number of carbonyl (C=O) groups excluding carboxylic acids is 5. The summed E-state index contributed by atoms with van der Waals surface area (Å²) in [5.41, 5.74) is -2.80. The van der Waals surface area contributed by atoms with Crippen LogP contribution in [0.5, 0.6) is 5.75 Å². The lowest BCUT2D eigenvalue weighted by Crippen LogP contribution is -2.27. The fourth-order valence-corrected chi connectivity index (χ4v) is 3.10. The first kappa shape index (κ1) is 27.0. The summed E-state index contributed by atoms with van der Waals surface area (Å²) in [4.78, 5) is 64.9. The molecular formula is C25H26O10. The van der Waals surface area contributed by atoms with Gasteiger partial charge in [-0.15, -0.1) is 0 Å². The van der Waals surface area contributed by atoms with Gasteiger partial charge < -0.3 is 23.7 Å². The summed E-state index contributed by atoms with van der Waals surface area (Å²) in [7, 11) is 0. The van der Waals surface area contributed by atoms with Gasteiger partial charge in [0.15, 0.2) is 0 Å². The summed E-state index contributed by atoms with van der Waals surface area (Å²) in [5.74, 6) is -5.30. The van der Waals surface area contributed by atoms with Crippen LogP contribution in [0.1, 0.15) is 79.5 Å². The minimum atomic E-state index is -1.14. The summed E-state index contributed by atoms with van der Waals surface area (Å²) in [5, 5.41) is 0. The highest BCUT2D eigenvalue weighted by atomic mass is 16.6. The molecule has 2 aromatic rings. The van der Waals surface area contributed by atoms with E-state index in [9.17, 15) is 24.0 Å². The van der Waals surface area contributed by atoms with Crippen molar-refractivity contribution in [2.24, 2.45) is 0 Å². The summed E-state index contributed by atoms with van der Waals surface area (Å²) in [6, 6.07) is 8.87. The molecule has 2 rings (SSSR count). The second-order valence-electron chi connectivity index (χ2n) is 6.68. The molecule has 0 amide bonds. The molecular weight excluding hydrogens is 460 g/mol. The van der Waals surface area contributed by atoms with Crippen molar-refractivity contribution in [3.05, 3.63) is 64.2 Å². The molecule has 0 atom stereocenters. The van der Waals surface area contributed by atoms with E-state index in [0.29, 0.717) is 0 Å². The third kappa shape index (κ3) is 6.44. The van der Waals surface area contributed by atoms with Crippen molar-refractivity contribution in [1.29, 1.82) is 0 Å². The van der Waals surface area contributed by atoms with Crippen LogP contribution in [0.2, 0.25) is 0 Å². The Morgan fingerprint density at radius 1 is 0.543 bits per heavy atom. The molecule has 2 aromatic carbocycles. The molecule has 0 saturated carbocycles. The monoisotopic (exact) mass is 486 g/mol. The van der Waals surface area contributed by atoms with Gasteiger partial charge in [0.2, 0.25) is 0 Å². The predicted molar refractivity (Wildman–Crippen MR) is 122 cm³/mol. The van der Waals surface area contributed by atoms with Gasteiger partial charge in [-0.25, -0.2) is 24.0 Å². The van der Waals surface area contributed by atoms with Gasteiger partial charge in [0.25, 0.3) is 0 Å². The number of carbonyl (C=O) groups is 5. The van der Waals surface area contributed by atoms with Crippen LogP contribution in [0.4, 0.5) is 0 Å². The lowest BCUT2D eigenvalue weighted by Gasteiger charge is -2.18. The second-order valence-corrected chi connectivity index (χ2v) is 6.68. The van der Waals surface area contributed by atoms with Crippen molar-refractivity contribution < 1.29 is 47.7 Å². The van der Waals surface area contributed by atoms with Crippen molar-refractivity contribution in [2.75, 3.05) is 26.4 Å². The van der Waals surface area contributed by atoms with E-state index >= 15 is 0 Å². The minimum Gasteiger partial charge on any atom is -0.462 e. The molecule has 0 fully saturated rings. The van der Waals surface area contributed by atoms with Crippen molar-refractivity contribution in [3.8, 4) is 5.75 Å². The molecule has 0 aliphatic carbocycles. The zero-order valence-electron chi connectivity index (χ0n) is 19.9. The predicted octanol–water partition coefficient (Wildman–Crippen LogP) is 3.61. The minimum absolute atomic E-state index is 0.0702. The van der Waals surface area contributed by atoms with E-state index < -0.39 is 57.7 Å². The van der Waals surface area contributed by atoms with E-state index in [1.807, 2.05) is 0 Å². The Bertz CT molecular complexity index is 1100. The van der Waals surface area contributed by atoms with E-state index in [1.54, 1.807) is 18.2 Å². The maximum absolute atomic E-state index is 13.2. The Morgan fingerprint density at radius 3 is 1.40 bits per heavy atom. The van der Waals surface area contributed by atoms with Crippen LogP contribution in [0, 0.1) is 0 Å². The molecule has 10 nitrogen and oxygen atoms in total. The number of benzene rings is 2. The SMILES string of the molecule is CCOC(=O)c1cc(C(=O)Oc2ccccc2)c(C(=O)OCC)c(C(=O)OCC)c1C(=O)OCC. The fourth-order valence-electron chi connectivity index (χ4n) is 3.10. The molecule has 0 N–H and O–H groups in total. The fraction of sp³-hybridized carbons (Fsp3) is 0.320. The topological polar surface area (TPSA) is 132 Å². The Kier molecular flexibility index (Phi) is 9.95. The van der Waals surface area contributed by atoms with Crippen LogP contribution >= 0.6 is 0 Å². The van der Waals surface area contributed by atoms with E-state index in [0.717, 1.165) is 6.07 Å². The van der Waals surface area contributed by atoms with E-state index in [2.05, 4.69) is 0 Å². The van der Waals surface area contributed by atoms with Crippen LogP contribution in [-0.4, -0.2) is 56.3 Å². The van der Waals surface area contributed by atoms with Crippen LogP contribution in [0.3, 0.4) is 0 Å². The van der Waals surface area contributed by atoms with Gasteiger partial charge in [-0.3, -0.25) is 0 Å². The van der Waals surface area contributed by atoms with Crippen molar-refractivity contribution in [1.82, 2.24) is 0 Å². The first-order valence-electron chi connectivity index (χ1n) is 11.0. The van der Waals surface area contributed by atoms with Gasteiger partial charge in [-0.05, 0) is 45.9 Å². The van der Waals surface area contributed by atoms with Crippen molar-refractivity contribution in [2.45, 2.75) is 27.7 Å². The smallest absolute Gasteiger partial charge is 0.344 e. The molecule has 0 aliphatic rings. The molecule has 0 heterocycles. The van der Waals surface area contributed by atoms with Crippen LogP contribution < -0.4 is 4.74 Å². The zero-order chi connectivity index (χ0) is 26.0. The third-order valence-electron chi connectivity index (χ3n) is 4.44. The first-order chi connectivity index (χ1) is 16.8. The van der Waals surface area contributed by atoms with Crippen LogP contribution in [0.15, 0.2) is 36.4 Å². The summed E-state index contributed by atoms with van der Waals surface area (Å²) >= 11 is 0. The Labute approximate surface area is 202 Å². The van der Waals surface area contributed by atoms with Crippen molar-refractivity contribution in [3.63, 3.8) is 0 Å². The van der Waals surface area contributed by atoms with Crippen LogP contribution in [0.25, 0.3) is 0 Å². The molecule has 0 spiro atoms. The number of rotatable bonds is 10. The van der Waals surface area contributed by atoms with Gasteiger partial charge in [0.1, 0.15) is 5.75 Å². The van der Waals surface area contributed by atoms with Crippen LogP contribution in [-0.2, 0) is 18.9 Å². The molecule has 0 aliphatic heterocycles. The molecule has 0 aromatic heterocycles.